The Bertz CT molecular complexity index is 789. The molecule has 3 heterocycles. The van der Waals surface area contributed by atoms with Crippen LogP contribution in [0.1, 0.15) is 42.5 Å². The van der Waals surface area contributed by atoms with Crippen LogP contribution in [0.2, 0.25) is 0 Å². The number of aromatic nitrogens is 1. The molecule has 0 bridgehead atoms. The first-order valence-electron chi connectivity index (χ1n) is 10.2. The molecule has 0 amide bonds. The summed E-state index contributed by atoms with van der Waals surface area (Å²) >= 11 is 0. The molecule has 2 aliphatic rings. The summed E-state index contributed by atoms with van der Waals surface area (Å²) in [5.41, 5.74) is 3.21. The SMILES string of the molecule is Cc1cccc(CNCC[C@@]2(c3ccc(F)cn3)CCO[C@]3(CCOC3)C2)c1. The van der Waals surface area contributed by atoms with Crippen LogP contribution in [0, 0.1) is 12.7 Å². The standard InChI is InChI=1S/C23H29FN2O2/c1-18-3-2-4-19(13-18)14-25-10-7-22(21-6-5-20(24)15-26-21)8-12-28-23(16-22)9-11-27-17-23/h2-6,13,15,25H,7-12,14,16-17H2,1H3/t22-,23-/m1/s1. The second kappa shape index (κ2) is 8.27. The first-order valence-corrected chi connectivity index (χ1v) is 10.2. The summed E-state index contributed by atoms with van der Waals surface area (Å²) in [5, 5.41) is 3.59. The van der Waals surface area contributed by atoms with E-state index in [0.29, 0.717) is 13.2 Å². The van der Waals surface area contributed by atoms with Gasteiger partial charge in [0.25, 0.3) is 0 Å². The molecule has 4 rings (SSSR count). The Balaban J connectivity index is 1.47. The van der Waals surface area contributed by atoms with Gasteiger partial charge in [-0.1, -0.05) is 29.8 Å². The van der Waals surface area contributed by atoms with E-state index in [9.17, 15) is 4.39 Å². The van der Waals surface area contributed by atoms with E-state index in [0.717, 1.165) is 51.1 Å². The number of ether oxygens (including phenoxy) is 2. The molecule has 2 fully saturated rings. The molecule has 2 aliphatic heterocycles. The van der Waals surface area contributed by atoms with E-state index in [1.54, 1.807) is 0 Å². The molecule has 1 N–H and O–H groups in total. The van der Waals surface area contributed by atoms with E-state index < -0.39 is 0 Å². The van der Waals surface area contributed by atoms with E-state index in [1.807, 2.05) is 6.07 Å². The summed E-state index contributed by atoms with van der Waals surface area (Å²) in [5.74, 6) is -0.289. The van der Waals surface area contributed by atoms with Crippen LogP contribution in [0.25, 0.3) is 0 Å². The summed E-state index contributed by atoms with van der Waals surface area (Å²) in [6.07, 6.45) is 4.99. The van der Waals surface area contributed by atoms with Crippen molar-refractivity contribution in [2.75, 3.05) is 26.4 Å². The summed E-state index contributed by atoms with van der Waals surface area (Å²) in [7, 11) is 0. The lowest BCUT2D eigenvalue weighted by atomic mass is 9.68. The van der Waals surface area contributed by atoms with Crippen LogP contribution in [-0.2, 0) is 21.4 Å². The summed E-state index contributed by atoms with van der Waals surface area (Å²) in [6.45, 7) is 5.93. The van der Waals surface area contributed by atoms with Crippen LogP contribution in [0.15, 0.2) is 42.6 Å². The highest BCUT2D eigenvalue weighted by atomic mass is 19.1. The molecule has 0 radical (unpaired) electrons. The van der Waals surface area contributed by atoms with E-state index in [4.69, 9.17) is 9.47 Å². The van der Waals surface area contributed by atoms with Gasteiger partial charge in [0.05, 0.1) is 18.4 Å². The minimum Gasteiger partial charge on any atom is -0.378 e. The molecule has 1 aromatic heterocycles. The zero-order chi connectivity index (χ0) is 19.5. The predicted octanol–water partition coefficient (Wildman–Crippen LogP) is 3.92. The fourth-order valence-corrected chi connectivity index (χ4v) is 4.69. The van der Waals surface area contributed by atoms with Crippen molar-refractivity contribution in [1.29, 1.82) is 0 Å². The monoisotopic (exact) mass is 384 g/mol. The summed E-state index contributed by atoms with van der Waals surface area (Å²) < 4.78 is 25.3. The Morgan fingerprint density at radius 2 is 2.11 bits per heavy atom. The maximum atomic E-state index is 13.5. The number of pyridine rings is 1. The number of rotatable bonds is 6. The van der Waals surface area contributed by atoms with Gasteiger partial charge in [0, 0.05) is 37.3 Å². The number of nitrogens with one attached hydrogen (secondary N) is 1. The van der Waals surface area contributed by atoms with E-state index in [1.165, 1.54) is 23.4 Å². The number of hydrogen-bond donors (Lipinski definition) is 1. The van der Waals surface area contributed by atoms with Crippen LogP contribution in [0.5, 0.6) is 0 Å². The lowest BCUT2D eigenvalue weighted by Gasteiger charge is -2.45. The average Bonchev–Trinajstić information content (AvgIpc) is 3.13. The molecule has 150 valence electrons. The highest BCUT2D eigenvalue weighted by Gasteiger charge is 2.49. The number of benzene rings is 1. The lowest BCUT2D eigenvalue weighted by molar-refractivity contribution is -0.109. The zero-order valence-corrected chi connectivity index (χ0v) is 16.5. The maximum absolute atomic E-state index is 13.5. The van der Waals surface area contributed by atoms with Gasteiger partial charge < -0.3 is 14.8 Å². The molecule has 0 unspecified atom stereocenters. The van der Waals surface area contributed by atoms with Gasteiger partial charge in [-0.05, 0) is 50.4 Å². The largest absolute Gasteiger partial charge is 0.378 e. The van der Waals surface area contributed by atoms with Gasteiger partial charge in [-0.25, -0.2) is 4.39 Å². The van der Waals surface area contributed by atoms with Gasteiger partial charge >= 0.3 is 0 Å². The van der Waals surface area contributed by atoms with Gasteiger partial charge in [0.15, 0.2) is 0 Å². The second-order valence-corrected chi connectivity index (χ2v) is 8.32. The molecule has 2 aromatic rings. The average molecular weight is 384 g/mol. The van der Waals surface area contributed by atoms with Crippen molar-refractivity contribution in [1.82, 2.24) is 10.3 Å². The van der Waals surface area contributed by atoms with E-state index >= 15 is 0 Å². The fourth-order valence-electron chi connectivity index (χ4n) is 4.69. The van der Waals surface area contributed by atoms with Gasteiger partial charge in [0.1, 0.15) is 5.82 Å². The van der Waals surface area contributed by atoms with Gasteiger partial charge in [-0.2, -0.15) is 0 Å². The predicted molar refractivity (Wildman–Crippen MR) is 107 cm³/mol. The molecular weight excluding hydrogens is 355 g/mol. The first-order chi connectivity index (χ1) is 13.6. The molecular formula is C23H29FN2O2. The molecule has 2 atom stereocenters. The van der Waals surface area contributed by atoms with Crippen molar-refractivity contribution >= 4 is 0 Å². The van der Waals surface area contributed by atoms with Crippen LogP contribution in [-0.4, -0.2) is 37.0 Å². The summed E-state index contributed by atoms with van der Waals surface area (Å²) in [4.78, 5) is 4.48. The third-order valence-corrected chi connectivity index (χ3v) is 6.18. The van der Waals surface area contributed by atoms with Gasteiger partial charge in [-0.3, -0.25) is 4.98 Å². The van der Waals surface area contributed by atoms with Crippen LogP contribution in [0.4, 0.5) is 4.39 Å². The Morgan fingerprint density at radius 3 is 2.86 bits per heavy atom. The number of halogens is 1. The minimum absolute atomic E-state index is 0.112. The zero-order valence-electron chi connectivity index (χ0n) is 16.5. The second-order valence-electron chi connectivity index (χ2n) is 8.32. The van der Waals surface area contributed by atoms with Crippen molar-refractivity contribution < 1.29 is 13.9 Å². The number of hydrogen-bond acceptors (Lipinski definition) is 4. The molecule has 2 saturated heterocycles. The van der Waals surface area contributed by atoms with Crippen LogP contribution in [0.3, 0.4) is 0 Å². The van der Waals surface area contributed by atoms with Crippen molar-refractivity contribution in [3.8, 4) is 0 Å². The highest BCUT2D eigenvalue weighted by molar-refractivity contribution is 5.23. The Kier molecular flexibility index (Phi) is 5.76. The lowest BCUT2D eigenvalue weighted by Crippen LogP contribution is -2.49. The Morgan fingerprint density at radius 1 is 1.18 bits per heavy atom. The quantitative estimate of drug-likeness (QED) is 0.767. The highest BCUT2D eigenvalue weighted by Crippen LogP contribution is 2.46. The third kappa shape index (κ3) is 4.27. The fraction of sp³-hybridized carbons (Fsp3) is 0.522. The molecule has 5 heteroatoms. The summed E-state index contributed by atoms with van der Waals surface area (Å²) in [6, 6.07) is 11.9. The van der Waals surface area contributed by atoms with E-state index in [2.05, 4.69) is 41.5 Å². The van der Waals surface area contributed by atoms with Crippen molar-refractivity contribution in [2.24, 2.45) is 0 Å². The molecule has 0 aliphatic carbocycles. The smallest absolute Gasteiger partial charge is 0.141 e. The van der Waals surface area contributed by atoms with Gasteiger partial charge in [-0.15, -0.1) is 0 Å². The Hall–Kier alpha value is -1.82. The first kappa shape index (κ1) is 19.5. The topological polar surface area (TPSA) is 43.4 Å². The maximum Gasteiger partial charge on any atom is 0.141 e. The normalized spacial score (nSPS) is 27.4. The molecule has 1 aromatic carbocycles. The van der Waals surface area contributed by atoms with Crippen LogP contribution < -0.4 is 5.32 Å². The number of nitrogens with zero attached hydrogens (tertiary/aromatic N) is 1. The Labute approximate surface area is 166 Å². The van der Waals surface area contributed by atoms with Gasteiger partial charge in [0.2, 0.25) is 0 Å². The molecule has 1 spiro atoms. The molecule has 4 nitrogen and oxygen atoms in total. The molecule has 0 saturated carbocycles. The van der Waals surface area contributed by atoms with Crippen molar-refractivity contribution in [3.05, 3.63) is 65.2 Å². The van der Waals surface area contributed by atoms with Crippen molar-refractivity contribution in [2.45, 2.75) is 50.2 Å². The van der Waals surface area contributed by atoms with E-state index in [-0.39, 0.29) is 16.8 Å². The van der Waals surface area contributed by atoms with Crippen molar-refractivity contribution in [3.63, 3.8) is 0 Å². The van der Waals surface area contributed by atoms with Crippen LogP contribution >= 0.6 is 0 Å². The molecule has 28 heavy (non-hydrogen) atoms. The minimum atomic E-state index is -0.289. The third-order valence-electron chi connectivity index (χ3n) is 6.18. The number of aryl methyl sites for hydroxylation is 1.